The third kappa shape index (κ3) is 6.83. The van der Waals surface area contributed by atoms with Gasteiger partial charge in [0.25, 0.3) is 0 Å². The predicted molar refractivity (Wildman–Crippen MR) is 93.9 cm³/mol. The van der Waals surface area contributed by atoms with Crippen LogP contribution >= 0.6 is 23.4 Å². The van der Waals surface area contributed by atoms with Crippen LogP contribution in [0.4, 0.5) is 5.82 Å². The van der Waals surface area contributed by atoms with Crippen molar-refractivity contribution in [2.24, 2.45) is 0 Å². The Labute approximate surface area is 142 Å². The molecule has 124 valence electrons. The van der Waals surface area contributed by atoms with E-state index in [1.54, 1.807) is 6.07 Å². The van der Waals surface area contributed by atoms with Crippen molar-refractivity contribution in [3.63, 3.8) is 0 Å². The molecule has 1 amide bonds. The molecule has 0 aliphatic carbocycles. The van der Waals surface area contributed by atoms with Gasteiger partial charge in [0, 0.05) is 25.7 Å². The Balaban J connectivity index is 2.73. The molecular formula is C15H25ClN4OS. The normalized spacial score (nSPS) is 10.5. The van der Waals surface area contributed by atoms with Gasteiger partial charge in [-0.05, 0) is 19.3 Å². The molecule has 22 heavy (non-hydrogen) atoms. The van der Waals surface area contributed by atoms with Crippen molar-refractivity contribution in [2.75, 3.05) is 30.3 Å². The average Bonchev–Trinajstić information content (AvgIpc) is 2.50. The van der Waals surface area contributed by atoms with Crippen LogP contribution in [0.15, 0.2) is 11.2 Å². The van der Waals surface area contributed by atoms with Crippen molar-refractivity contribution in [2.45, 2.75) is 45.2 Å². The minimum absolute atomic E-state index is 0.00375. The Morgan fingerprint density at radius 2 is 1.91 bits per heavy atom. The van der Waals surface area contributed by atoms with E-state index in [-0.39, 0.29) is 5.91 Å². The van der Waals surface area contributed by atoms with Gasteiger partial charge in [-0.3, -0.25) is 4.79 Å². The van der Waals surface area contributed by atoms with Gasteiger partial charge in [0.1, 0.15) is 11.0 Å². The van der Waals surface area contributed by atoms with E-state index in [1.807, 2.05) is 6.92 Å². The molecule has 0 saturated heterocycles. The number of halogens is 1. The van der Waals surface area contributed by atoms with Gasteiger partial charge in [-0.15, -0.1) is 0 Å². The lowest BCUT2D eigenvalue weighted by atomic mass is 10.3. The van der Waals surface area contributed by atoms with Crippen molar-refractivity contribution in [1.82, 2.24) is 15.3 Å². The number of hydrogen-bond acceptors (Lipinski definition) is 5. The molecule has 5 nitrogen and oxygen atoms in total. The largest absolute Gasteiger partial charge is 0.356 e. The van der Waals surface area contributed by atoms with Gasteiger partial charge in [-0.1, -0.05) is 44.1 Å². The maximum Gasteiger partial charge on any atom is 0.230 e. The van der Waals surface area contributed by atoms with Crippen molar-refractivity contribution in [3.05, 3.63) is 11.2 Å². The number of anilines is 1. The first-order valence-electron chi connectivity index (χ1n) is 7.79. The second-order valence-corrected chi connectivity index (χ2v) is 6.29. The van der Waals surface area contributed by atoms with Gasteiger partial charge in [-0.2, -0.15) is 0 Å². The summed E-state index contributed by atoms with van der Waals surface area (Å²) in [5, 5.41) is 3.80. The van der Waals surface area contributed by atoms with Crippen LogP contribution in [0.2, 0.25) is 5.15 Å². The molecule has 0 aliphatic rings. The summed E-state index contributed by atoms with van der Waals surface area (Å²) in [4.78, 5) is 22.6. The fraction of sp³-hybridized carbons (Fsp3) is 0.667. The van der Waals surface area contributed by atoms with Crippen molar-refractivity contribution in [3.8, 4) is 0 Å². The molecule has 0 spiro atoms. The Kier molecular flexibility index (Phi) is 9.24. The summed E-state index contributed by atoms with van der Waals surface area (Å²) in [7, 11) is 0. The molecule has 1 N–H and O–H groups in total. The Morgan fingerprint density at radius 1 is 1.23 bits per heavy atom. The average molecular weight is 345 g/mol. The van der Waals surface area contributed by atoms with Gasteiger partial charge >= 0.3 is 0 Å². The quantitative estimate of drug-likeness (QED) is 0.400. The topological polar surface area (TPSA) is 58.1 Å². The highest BCUT2D eigenvalue weighted by Gasteiger charge is 2.11. The van der Waals surface area contributed by atoms with Crippen molar-refractivity contribution in [1.29, 1.82) is 0 Å². The van der Waals surface area contributed by atoms with Crippen LogP contribution in [0, 0.1) is 0 Å². The summed E-state index contributed by atoms with van der Waals surface area (Å²) in [5.74, 6) is 1.14. The smallest absolute Gasteiger partial charge is 0.230 e. The van der Waals surface area contributed by atoms with Gasteiger partial charge in [0.15, 0.2) is 5.16 Å². The van der Waals surface area contributed by atoms with E-state index >= 15 is 0 Å². The molecule has 0 aromatic carbocycles. The molecule has 0 atom stereocenters. The fourth-order valence-electron chi connectivity index (χ4n) is 1.94. The van der Waals surface area contributed by atoms with Crippen LogP contribution in [0.1, 0.15) is 40.0 Å². The lowest BCUT2D eigenvalue weighted by molar-refractivity contribution is -0.118. The summed E-state index contributed by atoms with van der Waals surface area (Å²) < 4.78 is 0. The number of carbonyl (C=O) groups is 1. The predicted octanol–water partition coefficient (Wildman–Crippen LogP) is 3.37. The molecular weight excluding hydrogens is 320 g/mol. The van der Waals surface area contributed by atoms with Crippen LogP contribution in [-0.2, 0) is 4.79 Å². The lowest BCUT2D eigenvalue weighted by Crippen LogP contribution is -2.27. The van der Waals surface area contributed by atoms with Crippen molar-refractivity contribution < 1.29 is 4.79 Å². The summed E-state index contributed by atoms with van der Waals surface area (Å²) in [6, 6.07) is 1.79. The number of aromatic nitrogens is 2. The number of carbonyl (C=O) groups excluding carboxylic acids is 1. The molecule has 0 unspecified atom stereocenters. The van der Waals surface area contributed by atoms with Crippen LogP contribution in [0.3, 0.4) is 0 Å². The SMILES string of the molecule is CCCNC(=O)CSc1nc(Cl)cc(N(CCC)CCC)n1. The number of thioether (sulfide) groups is 1. The zero-order chi connectivity index (χ0) is 16.4. The molecule has 1 heterocycles. The molecule has 0 aliphatic heterocycles. The van der Waals surface area contributed by atoms with E-state index < -0.39 is 0 Å². The maximum atomic E-state index is 11.7. The van der Waals surface area contributed by atoms with E-state index in [9.17, 15) is 4.79 Å². The zero-order valence-corrected chi connectivity index (χ0v) is 15.1. The van der Waals surface area contributed by atoms with Crippen LogP contribution in [0.5, 0.6) is 0 Å². The van der Waals surface area contributed by atoms with E-state index in [2.05, 4.69) is 34.0 Å². The molecule has 0 saturated carbocycles. The van der Waals surface area contributed by atoms with Gasteiger partial charge < -0.3 is 10.2 Å². The molecule has 0 radical (unpaired) electrons. The summed E-state index contributed by atoms with van der Waals surface area (Å²) in [5.41, 5.74) is 0. The Hall–Kier alpha value is -1.01. The fourth-order valence-corrected chi connectivity index (χ4v) is 2.85. The maximum absolute atomic E-state index is 11.7. The lowest BCUT2D eigenvalue weighted by Gasteiger charge is -2.22. The monoisotopic (exact) mass is 344 g/mol. The Morgan fingerprint density at radius 3 is 2.50 bits per heavy atom. The van der Waals surface area contributed by atoms with Crippen molar-refractivity contribution >= 4 is 35.1 Å². The third-order valence-corrected chi connectivity index (χ3v) is 3.92. The number of hydrogen-bond donors (Lipinski definition) is 1. The molecule has 0 bridgehead atoms. The zero-order valence-electron chi connectivity index (χ0n) is 13.6. The second-order valence-electron chi connectivity index (χ2n) is 4.96. The number of amides is 1. The van der Waals surface area contributed by atoms with Crippen LogP contribution in [0.25, 0.3) is 0 Å². The molecule has 1 aromatic heterocycles. The van der Waals surface area contributed by atoms with Gasteiger partial charge in [0.05, 0.1) is 5.75 Å². The molecule has 1 rings (SSSR count). The third-order valence-electron chi connectivity index (χ3n) is 2.88. The van der Waals surface area contributed by atoms with E-state index in [0.717, 1.165) is 38.2 Å². The number of rotatable bonds is 10. The van der Waals surface area contributed by atoms with E-state index in [1.165, 1.54) is 11.8 Å². The van der Waals surface area contributed by atoms with Gasteiger partial charge in [-0.25, -0.2) is 9.97 Å². The summed E-state index contributed by atoms with van der Waals surface area (Å²) in [6.07, 6.45) is 3.02. The highest BCUT2D eigenvalue weighted by atomic mass is 35.5. The highest BCUT2D eigenvalue weighted by molar-refractivity contribution is 7.99. The van der Waals surface area contributed by atoms with Crippen LogP contribution in [-0.4, -0.2) is 41.3 Å². The highest BCUT2D eigenvalue weighted by Crippen LogP contribution is 2.22. The summed E-state index contributed by atoms with van der Waals surface area (Å²) >= 11 is 7.42. The first-order chi connectivity index (χ1) is 10.6. The standard InChI is InChI=1S/C15H25ClN4OS/c1-4-7-17-14(21)11-22-15-18-12(16)10-13(19-15)20(8-5-2)9-6-3/h10H,4-9,11H2,1-3H3,(H,17,21). The van der Waals surface area contributed by atoms with Crippen LogP contribution < -0.4 is 10.2 Å². The number of nitrogens with zero attached hydrogens (tertiary/aromatic N) is 3. The molecule has 7 heteroatoms. The Bertz CT molecular complexity index is 467. The number of nitrogens with one attached hydrogen (secondary N) is 1. The van der Waals surface area contributed by atoms with E-state index in [4.69, 9.17) is 11.6 Å². The molecule has 0 fully saturated rings. The first-order valence-corrected chi connectivity index (χ1v) is 9.16. The van der Waals surface area contributed by atoms with E-state index in [0.29, 0.717) is 22.6 Å². The summed E-state index contributed by atoms with van der Waals surface area (Å²) in [6.45, 7) is 8.86. The first kappa shape index (κ1) is 19.0. The second kappa shape index (κ2) is 10.7. The molecule has 1 aromatic rings. The minimum Gasteiger partial charge on any atom is -0.356 e. The minimum atomic E-state index is -0.00375. The van der Waals surface area contributed by atoms with Gasteiger partial charge in [0.2, 0.25) is 5.91 Å².